The molecule has 0 atom stereocenters. The molecule has 0 bridgehead atoms. The summed E-state index contributed by atoms with van der Waals surface area (Å²) in [5, 5.41) is 8.13. The highest BCUT2D eigenvalue weighted by Gasteiger charge is 2.24. The number of nitrogens with zero attached hydrogens (tertiary/aromatic N) is 7. The van der Waals surface area contributed by atoms with E-state index in [1.807, 2.05) is 41.0 Å². The van der Waals surface area contributed by atoms with Crippen LogP contribution in [0, 0.1) is 0 Å². The Morgan fingerprint density at radius 3 is 2.69 bits per heavy atom. The van der Waals surface area contributed by atoms with E-state index in [1.165, 1.54) is 9.36 Å². The van der Waals surface area contributed by atoms with Crippen molar-refractivity contribution >= 4 is 11.0 Å². The highest BCUT2D eigenvalue weighted by atomic mass is 16.2. The third-order valence-electron chi connectivity index (χ3n) is 4.91. The van der Waals surface area contributed by atoms with Gasteiger partial charge >= 0.3 is 5.69 Å². The van der Waals surface area contributed by atoms with Gasteiger partial charge in [0, 0.05) is 11.9 Å². The van der Waals surface area contributed by atoms with Crippen LogP contribution in [0.15, 0.2) is 53.6 Å². The standard InChI is InChI=1S/C18H17N7O/c26-18-23(21-22-25(18)14-7-4-8-14)12-17-20-15-11-19-10-9-16(15)24(17)13-5-2-1-3-6-13/h1-3,5-6,9-11,14H,4,7-8,12H2. The number of imidazole rings is 1. The van der Waals surface area contributed by atoms with Crippen LogP contribution in [0.3, 0.4) is 0 Å². The van der Waals surface area contributed by atoms with Gasteiger partial charge in [-0.3, -0.25) is 9.55 Å². The summed E-state index contributed by atoms with van der Waals surface area (Å²) in [5.41, 5.74) is 2.53. The van der Waals surface area contributed by atoms with E-state index in [4.69, 9.17) is 0 Å². The maximum absolute atomic E-state index is 12.6. The van der Waals surface area contributed by atoms with E-state index in [2.05, 4.69) is 20.4 Å². The Labute approximate surface area is 148 Å². The first-order valence-corrected chi connectivity index (χ1v) is 8.70. The summed E-state index contributed by atoms with van der Waals surface area (Å²) in [4.78, 5) is 21.5. The molecule has 0 N–H and O–H groups in total. The Bertz CT molecular complexity index is 1120. The van der Waals surface area contributed by atoms with E-state index in [0.29, 0.717) is 0 Å². The zero-order valence-electron chi connectivity index (χ0n) is 14.1. The van der Waals surface area contributed by atoms with Crippen molar-refractivity contribution in [3.05, 3.63) is 65.1 Å². The van der Waals surface area contributed by atoms with E-state index in [-0.39, 0.29) is 18.3 Å². The molecular formula is C18H17N7O. The summed E-state index contributed by atoms with van der Waals surface area (Å²) in [6.07, 6.45) is 6.60. The Morgan fingerprint density at radius 1 is 1.08 bits per heavy atom. The van der Waals surface area contributed by atoms with Crippen molar-refractivity contribution < 1.29 is 0 Å². The number of pyridine rings is 1. The minimum absolute atomic E-state index is 0.181. The van der Waals surface area contributed by atoms with Crippen molar-refractivity contribution in [3.63, 3.8) is 0 Å². The Morgan fingerprint density at radius 2 is 1.92 bits per heavy atom. The molecule has 0 aliphatic heterocycles. The predicted molar refractivity (Wildman–Crippen MR) is 95.1 cm³/mol. The van der Waals surface area contributed by atoms with Crippen LogP contribution >= 0.6 is 0 Å². The molecule has 0 unspecified atom stereocenters. The maximum atomic E-state index is 12.6. The van der Waals surface area contributed by atoms with Crippen molar-refractivity contribution in [2.75, 3.05) is 0 Å². The van der Waals surface area contributed by atoms with Crippen molar-refractivity contribution in [2.24, 2.45) is 0 Å². The topological polar surface area (TPSA) is 83.4 Å². The van der Waals surface area contributed by atoms with Gasteiger partial charge in [0.05, 0.1) is 17.8 Å². The van der Waals surface area contributed by atoms with Gasteiger partial charge in [0.1, 0.15) is 17.9 Å². The molecule has 26 heavy (non-hydrogen) atoms. The van der Waals surface area contributed by atoms with Crippen molar-refractivity contribution in [1.29, 1.82) is 0 Å². The zero-order valence-corrected chi connectivity index (χ0v) is 14.1. The second kappa shape index (κ2) is 5.91. The van der Waals surface area contributed by atoms with Gasteiger partial charge in [-0.2, -0.15) is 9.36 Å². The molecule has 8 heteroatoms. The number of hydrogen-bond donors (Lipinski definition) is 0. The average molecular weight is 347 g/mol. The van der Waals surface area contributed by atoms with Crippen molar-refractivity contribution in [3.8, 4) is 5.69 Å². The van der Waals surface area contributed by atoms with Crippen LogP contribution < -0.4 is 5.69 Å². The van der Waals surface area contributed by atoms with E-state index in [9.17, 15) is 4.79 Å². The highest BCUT2D eigenvalue weighted by Crippen LogP contribution is 2.29. The molecule has 3 aromatic heterocycles. The number of tetrazole rings is 1. The highest BCUT2D eigenvalue weighted by molar-refractivity contribution is 5.77. The number of benzene rings is 1. The minimum Gasteiger partial charge on any atom is -0.295 e. The fourth-order valence-electron chi connectivity index (χ4n) is 3.33. The molecule has 5 rings (SSSR count). The number of hydrogen-bond acceptors (Lipinski definition) is 5. The van der Waals surface area contributed by atoms with Crippen LogP contribution in [-0.4, -0.2) is 34.3 Å². The second-order valence-electron chi connectivity index (χ2n) is 6.51. The van der Waals surface area contributed by atoms with Gasteiger partial charge in [-0.05, 0) is 47.9 Å². The summed E-state index contributed by atoms with van der Waals surface area (Å²) in [5.74, 6) is 0.724. The van der Waals surface area contributed by atoms with Crippen molar-refractivity contribution in [1.82, 2.24) is 34.3 Å². The monoisotopic (exact) mass is 347 g/mol. The normalized spacial score (nSPS) is 14.6. The van der Waals surface area contributed by atoms with Gasteiger partial charge in [-0.1, -0.05) is 18.2 Å². The summed E-state index contributed by atoms with van der Waals surface area (Å²) in [7, 11) is 0. The van der Waals surface area contributed by atoms with Gasteiger partial charge in [0.15, 0.2) is 0 Å². The predicted octanol–water partition coefficient (Wildman–Crippen LogP) is 1.95. The first kappa shape index (κ1) is 15.0. The number of para-hydroxylation sites is 1. The lowest BCUT2D eigenvalue weighted by atomic mass is 9.93. The number of fused-ring (bicyclic) bond motifs is 1. The van der Waals surface area contributed by atoms with E-state index < -0.39 is 0 Å². The first-order chi connectivity index (χ1) is 12.8. The molecule has 8 nitrogen and oxygen atoms in total. The molecule has 0 spiro atoms. The summed E-state index contributed by atoms with van der Waals surface area (Å²) < 4.78 is 4.92. The van der Waals surface area contributed by atoms with Crippen LogP contribution in [-0.2, 0) is 6.54 Å². The number of rotatable bonds is 4. The first-order valence-electron chi connectivity index (χ1n) is 8.70. The lowest BCUT2D eigenvalue weighted by Crippen LogP contribution is -2.32. The van der Waals surface area contributed by atoms with Crippen molar-refractivity contribution in [2.45, 2.75) is 31.8 Å². The number of aromatic nitrogens is 7. The summed E-state index contributed by atoms with van der Waals surface area (Å²) in [6, 6.07) is 12.1. The molecule has 1 saturated carbocycles. The quantitative estimate of drug-likeness (QED) is 0.563. The lowest BCUT2D eigenvalue weighted by molar-refractivity contribution is 0.277. The molecule has 3 heterocycles. The van der Waals surface area contributed by atoms with Gasteiger partial charge in [0.25, 0.3) is 0 Å². The van der Waals surface area contributed by atoms with Gasteiger partial charge in [-0.15, -0.1) is 0 Å². The molecule has 1 aliphatic rings. The minimum atomic E-state index is -0.181. The van der Waals surface area contributed by atoms with Gasteiger partial charge < -0.3 is 0 Å². The van der Waals surface area contributed by atoms with Gasteiger partial charge in [0.2, 0.25) is 0 Å². The summed E-state index contributed by atoms with van der Waals surface area (Å²) in [6.45, 7) is 0.259. The molecule has 1 aromatic carbocycles. The molecule has 1 fully saturated rings. The lowest BCUT2D eigenvalue weighted by Gasteiger charge is -2.23. The third-order valence-corrected chi connectivity index (χ3v) is 4.91. The molecule has 0 radical (unpaired) electrons. The fourth-order valence-corrected chi connectivity index (χ4v) is 3.33. The molecule has 0 amide bonds. The van der Waals surface area contributed by atoms with Crippen LogP contribution in [0.5, 0.6) is 0 Å². The maximum Gasteiger partial charge on any atom is 0.364 e. The smallest absolute Gasteiger partial charge is 0.295 e. The van der Waals surface area contributed by atoms with E-state index in [1.54, 1.807) is 12.4 Å². The third kappa shape index (κ3) is 2.33. The Kier molecular flexibility index (Phi) is 3.41. The molecule has 1 aliphatic carbocycles. The van der Waals surface area contributed by atoms with Crippen LogP contribution in [0.1, 0.15) is 31.1 Å². The second-order valence-corrected chi connectivity index (χ2v) is 6.51. The SMILES string of the molecule is O=c1n(Cc2nc3cnccc3n2-c2ccccc2)nnn1C1CCC1. The summed E-state index contributed by atoms with van der Waals surface area (Å²) >= 11 is 0. The van der Waals surface area contributed by atoms with E-state index in [0.717, 1.165) is 41.8 Å². The van der Waals surface area contributed by atoms with Crippen LogP contribution in [0.4, 0.5) is 0 Å². The Hall–Kier alpha value is -3.29. The Balaban J connectivity index is 1.61. The zero-order chi connectivity index (χ0) is 17.5. The largest absolute Gasteiger partial charge is 0.364 e. The van der Waals surface area contributed by atoms with Gasteiger partial charge in [-0.25, -0.2) is 9.78 Å². The fraction of sp³-hybridized carbons (Fsp3) is 0.278. The molecular weight excluding hydrogens is 330 g/mol. The van der Waals surface area contributed by atoms with E-state index >= 15 is 0 Å². The molecule has 130 valence electrons. The van der Waals surface area contributed by atoms with Crippen LogP contribution in [0.25, 0.3) is 16.7 Å². The average Bonchev–Trinajstić information content (AvgIpc) is 3.16. The molecule has 0 saturated heterocycles. The van der Waals surface area contributed by atoms with Crippen LogP contribution in [0.2, 0.25) is 0 Å². The molecule has 4 aromatic rings.